The zero-order valence-corrected chi connectivity index (χ0v) is 14.3. The molecule has 0 saturated heterocycles. The lowest BCUT2D eigenvalue weighted by Crippen LogP contribution is -2.34. The topological polar surface area (TPSA) is 45.6 Å². The SMILES string of the molecule is CC(c1cccnc1)N(C)CC(O)COCc1ccc(Cl)cc1. The molecule has 1 N–H and O–H groups in total. The minimum Gasteiger partial charge on any atom is -0.389 e. The predicted molar refractivity (Wildman–Crippen MR) is 92.4 cm³/mol. The van der Waals surface area contributed by atoms with E-state index in [2.05, 4.69) is 16.8 Å². The highest BCUT2D eigenvalue weighted by atomic mass is 35.5. The first-order valence-corrected chi connectivity index (χ1v) is 8.04. The summed E-state index contributed by atoms with van der Waals surface area (Å²) in [6.45, 7) is 3.40. The van der Waals surface area contributed by atoms with Crippen LogP contribution in [0.5, 0.6) is 0 Å². The molecule has 23 heavy (non-hydrogen) atoms. The Bertz CT molecular complexity index is 577. The van der Waals surface area contributed by atoms with Gasteiger partial charge in [-0.15, -0.1) is 0 Å². The van der Waals surface area contributed by atoms with Crippen molar-refractivity contribution in [2.24, 2.45) is 0 Å². The predicted octanol–water partition coefficient (Wildman–Crippen LogP) is 3.31. The number of hydrogen-bond donors (Lipinski definition) is 1. The number of pyridine rings is 1. The Morgan fingerprint density at radius 3 is 2.65 bits per heavy atom. The molecule has 1 aromatic carbocycles. The van der Waals surface area contributed by atoms with Gasteiger partial charge in [0.25, 0.3) is 0 Å². The Labute approximate surface area is 142 Å². The average Bonchev–Trinajstić information content (AvgIpc) is 2.56. The Hall–Kier alpha value is -1.46. The first-order chi connectivity index (χ1) is 11.1. The fourth-order valence-corrected chi connectivity index (χ4v) is 2.44. The van der Waals surface area contributed by atoms with E-state index in [1.165, 1.54) is 0 Å². The van der Waals surface area contributed by atoms with Crippen molar-refractivity contribution in [3.8, 4) is 0 Å². The van der Waals surface area contributed by atoms with Crippen LogP contribution >= 0.6 is 11.6 Å². The molecule has 0 fully saturated rings. The number of ether oxygens (including phenoxy) is 1. The Morgan fingerprint density at radius 1 is 1.26 bits per heavy atom. The van der Waals surface area contributed by atoms with Crippen LogP contribution in [0, 0.1) is 0 Å². The third-order valence-electron chi connectivity index (χ3n) is 3.82. The minimum atomic E-state index is -0.536. The number of hydrogen-bond acceptors (Lipinski definition) is 4. The van der Waals surface area contributed by atoms with Gasteiger partial charge in [-0.25, -0.2) is 0 Å². The lowest BCUT2D eigenvalue weighted by molar-refractivity contribution is 0.00852. The molecule has 4 nitrogen and oxygen atoms in total. The molecule has 2 aromatic rings. The molecule has 2 atom stereocenters. The highest BCUT2D eigenvalue weighted by Gasteiger charge is 2.15. The first-order valence-electron chi connectivity index (χ1n) is 7.66. The maximum absolute atomic E-state index is 10.1. The highest BCUT2D eigenvalue weighted by molar-refractivity contribution is 6.30. The molecule has 1 aromatic heterocycles. The number of aliphatic hydroxyl groups excluding tert-OH is 1. The summed E-state index contributed by atoms with van der Waals surface area (Å²) < 4.78 is 5.58. The Kier molecular flexibility index (Phi) is 6.99. The molecule has 124 valence electrons. The summed E-state index contributed by atoms with van der Waals surface area (Å²) in [7, 11) is 1.99. The van der Waals surface area contributed by atoms with E-state index in [9.17, 15) is 5.11 Å². The normalized spacial score (nSPS) is 14.0. The molecule has 2 rings (SSSR count). The van der Waals surface area contributed by atoms with Gasteiger partial charge in [0.05, 0.1) is 19.3 Å². The summed E-state index contributed by atoms with van der Waals surface area (Å²) in [6, 6.07) is 11.7. The molecule has 0 bridgehead atoms. The highest BCUT2D eigenvalue weighted by Crippen LogP contribution is 2.17. The third-order valence-corrected chi connectivity index (χ3v) is 4.07. The van der Waals surface area contributed by atoms with E-state index in [-0.39, 0.29) is 6.04 Å². The van der Waals surface area contributed by atoms with Crippen LogP contribution in [0.4, 0.5) is 0 Å². The smallest absolute Gasteiger partial charge is 0.0900 e. The van der Waals surface area contributed by atoms with Crippen molar-refractivity contribution >= 4 is 11.6 Å². The van der Waals surface area contributed by atoms with Crippen LogP contribution in [0.15, 0.2) is 48.8 Å². The van der Waals surface area contributed by atoms with Gasteiger partial charge in [0.1, 0.15) is 0 Å². The van der Waals surface area contributed by atoms with Crippen molar-refractivity contribution in [3.05, 3.63) is 64.9 Å². The second-order valence-corrected chi connectivity index (χ2v) is 6.13. The summed E-state index contributed by atoms with van der Waals surface area (Å²) in [5.41, 5.74) is 2.17. The van der Waals surface area contributed by atoms with Crippen molar-refractivity contribution in [2.75, 3.05) is 20.2 Å². The van der Waals surface area contributed by atoms with Gasteiger partial charge in [-0.1, -0.05) is 29.8 Å². The van der Waals surface area contributed by atoms with Crippen molar-refractivity contribution < 1.29 is 9.84 Å². The van der Waals surface area contributed by atoms with Crippen LogP contribution in [0.25, 0.3) is 0 Å². The lowest BCUT2D eigenvalue weighted by atomic mass is 10.1. The summed E-state index contributed by atoms with van der Waals surface area (Å²) in [6.07, 6.45) is 3.08. The number of benzene rings is 1. The number of rotatable bonds is 8. The monoisotopic (exact) mass is 334 g/mol. The molecule has 1 heterocycles. The van der Waals surface area contributed by atoms with Crippen molar-refractivity contribution in [2.45, 2.75) is 25.7 Å². The molecule has 0 aliphatic rings. The van der Waals surface area contributed by atoms with Crippen LogP contribution in [-0.2, 0) is 11.3 Å². The third kappa shape index (κ3) is 5.92. The Morgan fingerprint density at radius 2 is 2.00 bits per heavy atom. The maximum atomic E-state index is 10.1. The molecule has 2 unspecified atom stereocenters. The van der Waals surface area contributed by atoms with E-state index in [0.717, 1.165) is 11.1 Å². The van der Waals surface area contributed by atoms with Crippen molar-refractivity contribution in [3.63, 3.8) is 0 Å². The largest absolute Gasteiger partial charge is 0.389 e. The second kappa shape index (κ2) is 8.99. The number of aliphatic hydroxyl groups is 1. The van der Waals surface area contributed by atoms with Gasteiger partial charge < -0.3 is 9.84 Å². The first kappa shape index (κ1) is 17.9. The number of likely N-dealkylation sites (N-methyl/N-ethyl adjacent to an activating group) is 1. The van der Waals surface area contributed by atoms with E-state index in [0.29, 0.717) is 24.8 Å². The van der Waals surface area contributed by atoms with E-state index in [1.54, 1.807) is 6.20 Å². The minimum absolute atomic E-state index is 0.189. The standard InChI is InChI=1S/C18H23ClN2O2/c1-14(16-4-3-9-20-10-16)21(2)11-18(22)13-23-12-15-5-7-17(19)8-6-15/h3-10,14,18,22H,11-13H2,1-2H3. The molecule has 0 spiro atoms. The zero-order valence-electron chi connectivity index (χ0n) is 13.5. The number of aromatic nitrogens is 1. The molecular weight excluding hydrogens is 312 g/mol. The van der Waals surface area contributed by atoms with Crippen LogP contribution in [0.1, 0.15) is 24.1 Å². The fourth-order valence-electron chi connectivity index (χ4n) is 2.31. The quantitative estimate of drug-likeness (QED) is 0.804. The van der Waals surface area contributed by atoms with Crippen molar-refractivity contribution in [1.82, 2.24) is 9.88 Å². The maximum Gasteiger partial charge on any atom is 0.0900 e. The average molecular weight is 335 g/mol. The van der Waals surface area contributed by atoms with Crippen LogP contribution in [-0.4, -0.2) is 41.3 Å². The summed E-state index contributed by atoms with van der Waals surface area (Å²) in [5.74, 6) is 0. The fraction of sp³-hybridized carbons (Fsp3) is 0.389. The van der Waals surface area contributed by atoms with Gasteiger partial charge in [0, 0.05) is 30.0 Å². The van der Waals surface area contributed by atoms with E-state index in [1.807, 2.05) is 49.6 Å². The molecule has 0 amide bonds. The molecule has 0 radical (unpaired) electrons. The molecular formula is C18H23ClN2O2. The number of nitrogens with zero attached hydrogens (tertiary/aromatic N) is 2. The van der Waals surface area contributed by atoms with Gasteiger partial charge in [-0.3, -0.25) is 9.88 Å². The van der Waals surface area contributed by atoms with Gasteiger partial charge >= 0.3 is 0 Å². The summed E-state index contributed by atoms with van der Waals surface area (Å²) >= 11 is 5.84. The van der Waals surface area contributed by atoms with E-state index < -0.39 is 6.10 Å². The molecule has 0 aliphatic heterocycles. The second-order valence-electron chi connectivity index (χ2n) is 5.70. The van der Waals surface area contributed by atoms with Crippen LogP contribution in [0.2, 0.25) is 5.02 Å². The molecule has 5 heteroatoms. The summed E-state index contributed by atoms with van der Waals surface area (Å²) in [4.78, 5) is 6.22. The van der Waals surface area contributed by atoms with Crippen LogP contribution < -0.4 is 0 Å². The zero-order chi connectivity index (χ0) is 16.7. The van der Waals surface area contributed by atoms with Gasteiger partial charge in [-0.05, 0) is 43.3 Å². The van der Waals surface area contributed by atoms with Gasteiger partial charge in [0.15, 0.2) is 0 Å². The lowest BCUT2D eigenvalue weighted by Gasteiger charge is -2.27. The van der Waals surface area contributed by atoms with Gasteiger partial charge in [0.2, 0.25) is 0 Å². The van der Waals surface area contributed by atoms with Gasteiger partial charge in [-0.2, -0.15) is 0 Å². The molecule has 0 saturated carbocycles. The molecule has 0 aliphatic carbocycles. The van der Waals surface area contributed by atoms with E-state index in [4.69, 9.17) is 16.3 Å². The van der Waals surface area contributed by atoms with Crippen LogP contribution in [0.3, 0.4) is 0 Å². The van der Waals surface area contributed by atoms with E-state index >= 15 is 0 Å². The summed E-state index contributed by atoms with van der Waals surface area (Å²) in [5, 5.41) is 10.8. The Balaban J connectivity index is 1.73. The number of halogens is 1. The van der Waals surface area contributed by atoms with Crippen molar-refractivity contribution in [1.29, 1.82) is 0 Å².